The van der Waals surface area contributed by atoms with E-state index in [2.05, 4.69) is 15.9 Å². The van der Waals surface area contributed by atoms with Gasteiger partial charge in [-0.05, 0) is 24.1 Å². The van der Waals surface area contributed by atoms with Gasteiger partial charge in [0.2, 0.25) is 0 Å². The van der Waals surface area contributed by atoms with Crippen molar-refractivity contribution in [3.8, 4) is 6.07 Å². The van der Waals surface area contributed by atoms with Gasteiger partial charge in [-0.15, -0.1) is 0 Å². The molecule has 3 heteroatoms. The van der Waals surface area contributed by atoms with Crippen molar-refractivity contribution in [3.05, 3.63) is 41.2 Å². The van der Waals surface area contributed by atoms with Crippen LogP contribution in [0.5, 0.6) is 0 Å². The Bertz CT molecular complexity index is 379. The quantitative estimate of drug-likeness (QED) is 0.757. The van der Waals surface area contributed by atoms with Crippen LogP contribution in [-0.2, 0) is 0 Å². The van der Waals surface area contributed by atoms with Crippen molar-refractivity contribution >= 4 is 22.0 Å². The molecular weight excluding hydrogens is 245 g/mol. The molecule has 1 rings (SSSR count). The molecule has 0 aromatic heterocycles. The molecule has 0 spiro atoms. The highest BCUT2D eigenvalue weighted by molar-refractivity contribution is 9.09. The van der Waals surface area contributed by atoms with E-state index in [4.69, 9.17) is 5.26 Å². The van der Waals surface area contributed by atoms with Crippen molar-refractivity contribution < 1.29 is 4.39 Å². The molecule has 0 fully saturated rings. The fourth-order valence-corrected chi connectivity index (χ4v) is 1.31. The number of halogens is 2. The first kappa shape index (κ1) is 10.9. The maximum atomic E-state index is 12.7. The Morgan fingerprint density at radius 1 is 1.50 bits per heavy atom. The largest absolute Gasteiger partial charge is 0.207 e. The van der Waals surface area contributed by atoms with Crippen molar-refractivity contribution in [1.82, 2.24) is 0 Å². The summed E-state index contributed by atoms with van der Waals surface area (Å²) in [5.74, 6) is -0.376. The molecule has 72 valence electrons. The summed E-state index contributed by atoms with van der Waals surface area (Å²) in [6.07, 6.45) is 4.67. The van der Waals surface area contributed by atoms with Crippen LogP contribution in [-0.4, -0.2) is 5.33 Å². The first-order valence-electron chi connectivity index (χ1n) is 4.20. The number of benzene rings is 1. The molecule has 0 N–H and O–H groups in total. The summed E-state index contributed by atoms with van der Waals surface area (Å²) in [6.45, 7) is 0. The smallest absolute Gasteiger partial charge is 0.124 e. The lowest BCUT2D eigenvalue weighted by Crippen LogP contribution is -1.84. The highest BCUT2D eigenvalue weighted by Crippen LogP contribution is 2.12. The monoisotopic (exact) mass is 253 g/mol. The van der Waals surface area contributed by atoms with Crippen molar-refractivity contribution in [2.24, 2.45) is 0 Å². The second-order valence-corrected chi connectivity index (χ2v) is 3.52. The van der Waals surface area contributed by atoms with Crippen LogP contribution in [0.25, 0.3) is 6.08 Å². The lowest BCUT2D eigenvalue weighted by Gasteiger charge is -1.96. The molecule has 1 nitrogen and oxygen atoms in total. The maximum Gasteiger partial charge on any atom is 0.124 e. The minimum absolute atomic E-state index is 0.371. The van der Waals surface area contributed by atoms with Crippen LogP contribution in [0.1, 0.15) is 17.5 Å². The van der Waals surface area contributed by atoms with Gasteiger partial charge in [0.1, 0.15) is 5.82 Å². The van der Waals surface area contributed by atoms with Gasteiger partial charge in [-0.3, -0.25) is 0 Å². The fourth-order valence-electron chi connectivity index (χ4n) is 1.04. The molecular formula is C11H9BrFN. The zero-order chi connectivity index (χ0) is 10.4. The summed E-state index contributed by atoms with van der Waals surface area (Å²) in [5, 5.41) is 9.62. The predicted octanol–water partition coefficient (Wildman–Crippen LogP) is 3.50. The second-order valence-electron chi connectivity index (χ2n) is 2.72. The van der Waals surface area contributed by atoms with E-state index in [1.807, 2.05) is 18.2 Å². The lowest BCUT2D eigenvalue weighted by molar-refractivity contribution is 0.627. The number of hydrogen-bond donors (Lipinski definition) is 0. The Morgan fingerprint density at radius 2 is 2.29 bits per heavy atom. The van der Waals surface area contributed by atoms with Crippen molar-refractivity contribution in [2.75, 3.05) is 5.33 Å². The van der Waals surface area contributed by atoms with E-state index in [1.165, 1.54) is 12.1 Å². The van der Waals surface area contributed by atoms with Crippen LogP contribution in [0.2, 0.25) is 0 Å². The van der Waals surface area contributed by atoms with Gasteiger partial charge < -0.3 is 0 Å². The highest BCUT2D eigenvalue weighted by Gasteiger charge is 1.99. The summed E-state index contributed by atoms with van der Waals surface area (Å²) in [7, 11) is 0. The molecule has 0 radical (unpaired) electrons. The molecule has 0 aliphatic rings. The molecule has 1 aromatic carbocycles. The average molecular weight is 254 g/mol. The molecule has 0 aliphatic heterocycles. The first-order chi connectivity index (χ1) is 6.77. The van der Waals surface area contributed by atoms with E-state index in [1.54, 1.807) is 6.07 Å². The summed E-state index contributed by atoms with van der Waals surface area (Å²) >= 11 is 3.29. The second kappa shape index (κ2) is 5.56. The minimum atomic E-state index is -0.376. The van der Waals surface area contributed by atoms with Crippen molar-refractivity contribution in [1.29, 1.82) is 5.26 Å². The van der Waals surface area contributed by atoms with Gasteiger partial charge in [-0.25, -0.2) is 4.39 Å². The molecule has 0 saturated heterocycles. The van der Waals surface area contributed by atoms with E-state index in [9.17, 15) is 4.39 Å². The molecule has 0 aliphatic carbocycles. The van der Waals surface area contributed by atoms with Gasteiger partial charge in [0, 0.05) is 5.33 Å². The number of allylic oxidation sites excluding steroid dienone is 1. The zero-order valence-corrected chi connectivity index (χ0v) is 9.09. The number of alkyl halides is 1. The molecule has 0 saturated carbocycles. The number of hydrogen-bond acceptors (Lipinski definition) is 1. The molecule has 0 atom stereocenters. The third-order valence-electron chi connectivity index (χ3n) is 1.71. The van der Waals surface area contributed by atoms with Gasteiger partial charge in [-0.2, -0.15) is 5.26 Å². The average Bonchev–Trinajstić information content (AvgIpc) is 2.20. The Hall–Kier alpha value is -1.14. The number of rotatable bonds is 3. The maximum absolute atomic E-state index is 12.7. The van der Waals surface area contributed by atoms with E-state index in [0.717, 1.165) is 17.3 Å². The first-order valence-corrected chi connectivity index (χ1v) is 5.32. The fraction of sp³-hybridized carbons (Fsp3) is 0.182. The van der Waals surface area contributed by atoms with Gasteiger partial charge in [0.05, 0.1) is 11.6 Å². The van der Waals surface area contributed by atoms with Crippen LogP contribution < -0.4 is 0 Å². The summed E-state index contributed by atoms with van der Waals surface area (Å²) in [4.78, 5) is 0. The van der Waals surface area contributed by atoms with Crippen LogP contribution in [0, 0.1) is 17.1 Å². The van der Waals surface area contributed by atoms with Crippen LogP contribution >= 0.6 is 15.9 Å². The third kappa shape index (κ3) is 2.97. The Balaban J connectivity index is 2.92. The lowest BCUT2D eigenvalue weighted by atomic mass is 10.1. The minimum Gasteiger partial charge on any atom is -0.207 e. The van der Waals surface area contributed by atoms with E-state index >= 15 is 0 Å². The van der Waals surface area contributed by atoms with Crippen LogP contribution in [0.3, 0.4) is 0 Å². The predicted molar refractivity (Wildman–Crippen MR) is 58.6 cm³/mol. The number of nitriles is 1. The Kier molecular flexibility index (Phi) is 4.34. The van der Waals surface area contributed by atoms with Crippen LogP contribution in [0.4, 0.5) is 4.39 Å². The number of nitrogens with zero attached hydrogens (tertiary/aromatic N) is 1. The SMILES string of the molecule is N#Cc1cc(F)ccc1C=CCCBr. The van der Waals surface area contributed by atoms with Gasteiger partial charge >= 0.3 is 0 Å². The summed E-state index contributed by atoms with van der Waals surface area (Å²) in [5.41, 5.74) is 1.13. The third-order valence-corrected chi connectivity index (χ3v) is 2.17. The summed E-state index contributed by atoms with van der Waals surface area (Å²) in [6, 6.07) is 6.17. The molecule has 0 bridgehead atoms. The van der Waals surface area contributed by atoms with Gasteiger partial charge in [0.15, 0.2) is 0 Å². The topological polar surface area (TPSA) is 23.8 Å². The van der Waals surface area contributed by atoms with Crippen LogP contribution in [0.15, 0.2) is 24.3 Å². The molecule has 0 amide bonds. The molecule has 1 aromatic rings. The van der Waals surface area contributed by atoms with Gasteiger partial charge in [0.25, 0.3) is 0 Å². The van der Waals surface area contributed by atoms with E-state index in [0.29, 0.717) is 5.56 Å². The summed E-state index contributed by atoms with van der Waals surface area (Å²) < 4.78 is 12.7. The molecule has 0 unspecified atom stereocenters. The van der Waals surface area contributed by atoms with E-state index < -0.39 is 0 Å². The Morgan fingerprint density at radius 3 is 2.93 bits per heavy atom. The van der Waals surface area contributed by atoms with Crippen molar-refractivity contribution in [3.63, 3.8) is 0 Å². The normalized spacial score (nSPS) is 10.4. The Labute approximate surface area is 91.0 Å². The molecule has 14 heavy (non-hydrogen) atoms. The highest BCUT2D eigenvalue weighted by atomic mass is 79.9. The zero-order valence-electron chi connectivity index (χ0n) is 7.50. The van der Waals surface area contributed by atoms with Gasteiger partial charge in [-0.1, -0.05) is 34.1 Å². The standard InChI is InChI=1S/C11H9BrFN/c12-6-2-1-3-9-4-5-11(13)7-10(9)8-14/h1,3-5,7H,2,6H2. The van der Waals surface area contributed by atoms with Crippen molar-refractivity contribution in [2.45, 2.75) is 6.42 Å². The van der Waals surface area contributed by atoms with E-state index in [-0.39, 0.29) is 5.82 Å². The molecule has 0 heterocycles.